The van der Waals surface area contributed by atoms with Crippen LogP contribution in [0.4, 0.5) is 0 Å². The van der Waals surface area contributed by atoms with Gasteiger partial charge >= 0.3 is 5.97 Å². The lowest BCUT2D eigenvalue weighted by atomic mass is 9.75. The molecule has 3 nitrogen and oxygen atoms in total. The van der Waals surface area contributed by atoms with Crippen molar-refractivity contribution >= 4 is 11.8 Å². The molecular weight excluding hydrogens is 240 g/mol. The van der Waals surface area contributed by atoms with E-state index < -0.39 is 11.9 Å². The number of aliphatic carboxylic acids is 1. The summed E-state index contributed by atoms with van der Waals surface area (Å²) in [5, 5.41) is 9.39. The van der Waals surface area contributed by atoms with Crippen molar-refractivity contribution in [3.8, 4) is 0 Å². The lowest BCUT2D eigenvalue weighted by Crippen LogP contribution is -2.34. The van der Waals surface area contributed by atoms with Crippen LogP contribution in [0.3, 0.4) is 0 Å². The largest absolute Gasteiger partial charge is 0.481 e. The van der Waals surface area contributed by atoms with Crippen LogP contribution in [0, 0.1) is 30.6 Å². The summed E-state index contributed by atoms with van der Waals surface area (Å²) in [6, 6.07) is 7.47. The third-order valence-corrected chi connectivity index (χ3v) is 4.84. The van der Waals surface area contributed by atoms with E-state index in [1.807, 2.05) is 31.2 Å². The molecule has 0 heterocycles. The summed E-state index contributed by atoms with van der Waals surface area (Å²) in [6.07, 6.45) is 2.90. The average Bonchev–Trinajstić information content (AvgIpc) is 2.98. The van der Waals surface area contributed by atoms with Gasteiger partial charge in [0.25, 0.3) is 0 Å². The monoisotopic (exact) mass is 258 g/mol. The Morgan fingerprint density at radius 1 is 1.05 bits per heavy atom. The molecule has 0 aliphatic heterocycles. The molecule has 100 valence electrons. The van der Waals surface area contributed by atoms with E-state index >= 15 is 0 Å². The fourth-order valence-electron chi connectivity index (χ4n) is 3.93. The first kappa shape index (κ1) is 12.4. The number of fused-ring (bicyclic) bond motifs is 2. The van der Waals surface area contributed by atoms with Gasteiger partial charge in [-0.15, -0.1) is 0 Å². The summed E-state index contributed by atoms with van der Waals surface area (Å²) in [4.78, 5) is 24.0. The highest BCUT2D eigenvalue weighted by Crippen LogP contribution is 2.53. The Morgan fingerprint density at radius 2 is 1.63 bits per heavy atom. The fourth-order valence-corrected chi connectivity index (χ4v) is 3.93. The maximum atomic E-state index is 12.6. The number of carboxylic acids is 1. The predicted octanol–water partition coefficient (Wildman–Crippen LogP) is 2.92. The van der Waals surface area contributed by atoms with Crippen molar-refractivity contribution in [2.75, 3.05) is 0 Å². The number of carbonyl (C=O) groups excluding carboxylic acids is 1. The van der Waals surface area contributed by atoms with Gasteiger partial charge < -0.3 is 5.11 Å². The highest BCUT2D eigenvalue weighted by molar-refractivity contribution is 6.00. The lowest BCUT2D eigenvalue weighted by Gasteiger charge is -2.26. The summed E-state index contributed by atoms with van der Waals surface area (Å²) in [5.74, 6) is -1.05. The van der Waals surface area contributed by atoms with Crippen LogP contribution in [0.2, 0.25) is 0 Å². The van der Waals surface area contributed by atoms with Gasteiger partial charge in [-0.1, -0.05) is 29.8 Å². The topological polar surface area (TPSA) is 54.4 Å². The second-order valence-electron chi connectivity index (χ2n) is 5.95. The average molecular weight is 258 g/mol. The molecule has 1 aromatic rings. The number of aryl methyl sites for hydroxylation is 1. The molecule has 0 radical (unpaired) electrons. The van der Waals surface area contributed by atoms with Gasteiger partial charge in [0, 0.05) is 11.5 Å². The highest BCUT2D eigenvalue weighted by Gasteiger charge is 2.53. The quantitative estimate of drug-likeness (QED) is 0.848. The first-order valence-electron chi connectivity index (χ1n) is 6.91. The molecule has 2 fully saturated rings. The van der Waals surface area contributed by atoms with Crippen molar-refractivity contribution in [1.82, 2.24) is 0 Å². The molecule has 1 aromatic carbocycles. The molecule has 0 amide bonds. The molecule has 2 saturated carbocycles. The Hall–Kier alpha value is -1.64. The number of hydrogen-bond donors (Lipinski definition) is 1. The SMILES string of the molecule is Cc1ccc(C(=O)[C@H]2[C@H]3CC[C@H](C3)[C@@H]2C(=O)O)cc1. The second kappa shape index (κ2) is 4.48. The Morgan fingerprint density at radius 3 is 2.21 bits per heavy atom. The highest BCUT2D eigenvalue weighted by atomic mass is 16.4. The maximum Gasteiger partial charge on any atom is 0.307 e. The normalized spacial score (nSPS) is 32.5. The van der Waals surface area contributed by atoms with Crippen LogP contribution in [-0.2, 0) is 4.79 Å². The Kier molecular flexibility index (Phi) is 2.92. The number of Topliss-reactive ketones (excluding diaryl/α,β-unsaturated/α-hetero) is 1. The van der Waals surface area contributed by atoms with Crippen molar-refractivity contribution in [3.05, 3.63) is 35.4 Å². The molecule has 3 heteroatoms. The van der Waals surface area contributed by atoms with Crippen LogP contribution < -0.4 is 0 Å². The van der Waals surface area contributed by atoms with Crippen LogP contribution in [0.15, 0.2) is 24.3 Å². The molecule has 4 atom stereocenters. The smallest absolute Gasteiger partial charge is 0.307 e. The molecule has 0 saturated heterocycles. The van der Waals surface area contributed by atoms with E-state index in [0.717, 1.165) is 24.8 Å². The van der Waals surface area contributed by atoms with Gasteiger partial charge in [0.05, 0.1) is 5.92 Å². The molecule has 1 N–H and O–H groups in total. The van der Waals surface area contributed by atoms with Crippen LogP contribution in [-0.4, -0.2) is 16.9 Å². The van der Waals surface area contributed by atoms with E-state index in [2.05, 4.69) is 0 Å². The molecule has 0 aromatic heterocycles. The van der Waals surface area contributed by atoms with Gasteiger partial charge in [0.2, 0.25) is 0 Å². The molecule has 2 bridgehead atoms. The lowest BCUT2D eigenvalue weighted by molar-refractivity contribution is -0.144. The molecule has 0 spiro atoms. The molecule has 0 unspecified atom stereocenters. The van der Waals surface area contributed by atoms with E-state index in [4.69, 9.17) is 0 Å². The van der Waals surface area contributed by atoms with Crippen LogP contribution in [0.25, 0.3) is 0 Å². The van der Waals surface area contributed by atoms with Gasteiger partial charge in [0.1, 0.15) is 0 Å². The van der Waals surface area contributed by atoms with E-state index in [1.165, 1.54) is 0 Å². The summed E-state index contributed by atoms with van der Waals surface area (Å²) in [5.41, 5.74) is 1.77. The van der Waals surface area contributed by atoms with Gasteiger partial charge in [-0.25, -0.2) is 0 Å². The van der Waals surface area contributed by atoms with Crippen LogP contribution in [0.1, 0.15) is 35.2 Å². The van der Waals surface area contributed by atoms with Crippen molar-refractivity contribution in [1.29, 1.82) is 0 Å². The molecular formula is C16H18O3. The minimum Gasteiger partial charge on any atom is -0.481 e. The van der Waals surface area contributed by atoms with Gasteiger partial charge in [-0.05, 0) is 38.0 Å². The number of rotatable bonds is 3. The molecule has 19 heavy (non-hydrogen) atoms. The van der Waals surface area contributed by atoms with Gasteiger partial charge in [-0.3, -0.25) is 9.59 Å². The summed E-state index contributed by atoms with van der Waals surface area (Å²) < 4.78 is 0. The van der Waals surface area contributed by atoms with Crippen molar-refractivity contribution in [3.63, 3.8) is 0 Å². The van der Waals surface area contributed by atoms with Crippen LogP contribution in [0.5, 0.6) is 0 Å². The fraction of sp³-hybridized carbons (Fsp3) is 0.500. The minimum atomic E-state index is -0.794. The summed E-state index contributed by atoms with van der Waals surface area (Å²) in [7, 11) is 0. The van der Waals surface area contributed by atoms with Crippen molar-refractivity contribution in [2.45, 2.75) is 26.2 Å². The third kappa shape index (κ3) is 1.97. The number of benzene rings is 1. The number of carboxylic acid groups (broad SMARTS) is 1. The zero-order valence-corrected chi connectivity index (χ0v) is 11.0. The second-order valence-corrected chi connectivity index (χ2v) is 5.95. The van der Waals surface area contributed by atoms with Crippen LogP contribution >= 0.6 is 0 Å². The standard InChI is InChI=1S/C16H18O3/c1-9-2-4-10(5-3-9)15(17)13-11-6-7-12(8-11)14(13)16(18)19/h2-5,11-14H,6-8H2,1H3,(H,18,19)/t11-,12+,13-,14-/m0/s1. The Bertz CT molecular complexity index is 517. The molecule has 2 aliphatic rings. The number of hydrogen-bond acceptors (Lipinski definition) is 2. The first-order chi connectivity index (χ1) is 9.08. The van der Waals surface area contributed by atoms with Gasteiger partial charge in [-0.2, -0.15) is 0 Å². The van der Waals surface area contributed by atoms with Gasteiger partial charge in [0.15, 0.2) is 5.78 Å². The minimum absolute atomic E-state index is 0.0274. The van der Waals surface area contributed by atoms with E-state index in [1.54, 1.807) is 0 Å². The molecule has 3 rings (SSSR count). The van der Waals surface area contributed by atoms with Crippen molar-refractivity contribution in [2.24, 2.45) is 23.7 Å². The van der Waals surface area contributed by atoms with E-state index in [0.29, 0.717) is 5.56 Å². The zero-order valence-electron chi connectivity index (χ0n) is 11.0. The number of ketones is 1. The third-order valence-electron chi connectivity index (χ3n) is 4.84. The van der Waals surface area contributed by atoms with E-state index in [-0.39, 0.29) is 23.5 Å². The first-order valence-corrected chi connectivity index (χ1v) is 6.91. The molecule has 2 aliphatic carbocycles. The zero-order chi connectivity index (χ0) is 13.6. The summed E-state index contributed by atoms with van der Waals surface area (Å²) >= 11 is 0. The van der Waals surface area contributed by atoms with Crippen molar-refractivity contribution < 1.29 is 14.7 Å². The Labute approximate surface area is 112 Å². The number of carbonyl (C=O) groups is 2. The predicted molar refractivity (Wildman–Crippen MR) is 71.0 cm³/mol. The van der Waals surface area contributed by atoms with E-state index in [9.17, 15) is 14.7 Å². The summed E-state index contributed by atoms with van der Waals surface area (Å²) in [6.45, 7) is 1.98. The maximum absolute atomic E-state index is 12.6. The Balaban J connectivity index is 1.90.